The van der Waals surface area contributed by atoms with Crippen molar-refractivity contribution in [2.24, 2.45) is 0 Å². The van der Waals surface area contributed by atoms with Gasteiger partial charge in [-0.3, -0.25) is 0 Å². The molecule has 0 radical (unpaired) electrons. The lowest BCUT2D eigenvalue weighted by atomic mass is 10.2. The predicted octanol–water partition coefficient (Wildman–Crippen LogP) is 4.45. The van der Waals surface area contributed by atoms with Crippen LogP contribution in [0.5, 0.6) is 0 Å². The maximum atomic E-state index is 12.7. The third-order valence-corrected chi connectivity index (χ3v) is 2.92. The zero-order chi connectivity index (χ0) is 14.5. The van der Waals surface area contributed by atoms with Crippen molar-refractivity contribution < 1.29 is 9.18 Å². The normalized spacial score (nSPS) is 10.2. The molecule has 0 fully saturated rings. The van der Waals surface area contributed by atoms with E-state index in [4.69, 9.17) is 23.2 Å². The second-order valence-corrected chi connectivity index (χ2v) is 4.97. The number of nitrogens with one attached hydrogen (secondary N) is 2. The average molecular weight is 313 g/mol. The van der Waals surface area contributed by atoms with Gasteiger partial charge in [-0.1, -0.05) is 35.3 Å². The molecule has 0 aromatic heterocycles. The molecule has 2 rings (SSSR count). The molecule has 6 heteroatoms. The summed E-state index contributed by atoms with van der Waals surface area (Å²) in [5.74, 6) is -0.313. The molecule has 0 atom stereocenters. The van der Waals surface area contributed by atoms with Gasteiger partial charge in [-0.15, -0.1) is 0 Å². The number of hydrogen-bond donors (Lipinski definition) is 2. The molecule has 2 aromatic carbocycles. The van der Waals surface area contributed by atoms with Crippen molar-refractivity contribution in [2.45, 2.75) is 6.54 Å². The van der Waals surface area contributed by atoms with Gasteiger partial charge < -0.3 is 10.6 Å². The van der Waals surface area contributed by atoms with Crippen LogP contribution in [0.15, 0.2) is 42.5 Å². The zero-order valence-corrected chi connectivity index (χ0v) is 11.8. The zero-order valence-electron chi connectivity index (χ0n) is 10.3. The Bertz CT molecular complexity index is 597. The molecule has 2 amide bonds. The fraction of sp³-hybridized carbons (Fsp3) is 0.0714. The van der Waals surface area contributed by atoms with Gasteiger partial charge in [0.2, 0.25) is 0 Å². The molecule has 0 unspecified atom stereocenters. The second-order valence-electron chi connectivity index (χ2n) is 4.09. The van der Waals surface area contributed by atoms with Crippen LogP contribution in [0.1, 0.15) is 5.56 Å². The summed E-state index contributed by atoms with van der Waals surface area (Å²) in [4.78, 5) is 11.7. The van der Waals surface area contributed by atoms with E-state index in [1.165, 1.54) is 12.1 Å². The molecular formula is C14H11Cl2FN2O. The summed E-state index contributed by atoms with van der Waals surface area (Å²) in [6.45, 7) is 0.292. The van der Waals surface area contributed by atoms with E-state index in [1.54, 1.807) is 30.3 Å². The highest BCUT2D eigenvalue weighted by molar-refractivity contribution is 6.35. The minimum absolute atomic E-state index is 0.292. The Hall–Kier alpha value is -1.78. The summed E-state index contributed by atoms with van der Waals surface area (Å²) in [6.07, 6.45) is 0. The number of amides is 2. The second kappa shape index (κ2) is 6.59. The monoisotopic (exact) mass is 312 g/mol. The van der Waals surface area contributed by atoms with Crippen LogP contribution in [-0.4, -0.2) is 6.03 Å². The summed E-state index contributed by atoms with van der Waals surface area (Å²) in [7, 11) is 0. The van der Waals surface area contributed by atoms with Gasteiger partial charge >= 0.3 is 6.03 Å². The number of anilines is 1. The van der Waals surface area contributed by atoms with Crippen LogP contribution in [0, 0.1) is 5.82 Å². The van der Waals surface area contributed by atoms with E-state index in [-0.39, 0.29) is 5.82 Å². The van der Waals surface area contributed by atoms with Crippen molar-refractivity contribution in [2.75, 3.05) is 5.32 Å². The maximum absolute atomic E-state index is 12.7. The summed E-state index contributed by atoms with van der Waals surface area (Å²) in [6, 6.07) is 10.2. The van der Waals surface area contributed by atoms with E-state index < -0.39 is 6.03 Å². The lowest BCUT2D eigenvalue weighted by Crippen LogP contribution is -2.28. The minimum Gasteiger partial charge on any atom is -0.334 e. The van der Waals surface area contributed by atoms with Crippen molar-refractivity contribution in [3.63, 3.8) is 0 Å². The molecule has 2 aromatic rings. The van der Waals surface area contributed by atoms with Crippen LogP contribution in [0.3, 0.4) is 0 Å². The van der Waals surface area contributed by atoms with Crippen LogP contribution in [0.25, 0.3) is 0 Å². The van der Waals surface area contributed by atoms with Crippen LogP contribution < -0.4 is 10.6 Å². The number of carbonyl (C=O) groups is 1. The molecule has 0 spiro atoms. The number of rotatable bonds is 3. The Balaban J connectivity index is 1.90. The number of halogens is 3. The molecule has 0 saturated carbocycles. The van der Waals surface area contributed by atoms with Crippen LogP contribution in [-0.2, 0) is 6.54 Å². The first-order valence-electron chi connectivity index (χ1n) is 5.78. The van der Waals surface area contributed by atoms with E-state index in [1.807, 2.05) is 0 Å². The molecule has 0 heterocycles. The van der Waals surface area contributed by atoms with E-state index >= 15 is 0 Å². The molecule has 20 heavy (non-hydrogen) atoms. The Kier molecular flexibility index (Phi) is 4.82. The standard InChI is InChI=1S/C14H11Cl2FN2O/c15-10-5-11(16)7-13(6-10)19-14(20)18-8-9-1-3-12(17)4-2-9/h1-7H,8H2,(H2,18,19,20). The smallest absolute Gasteiger partial charge is 0.319 e. The Labute approximate surface area is 125 Å². The van der Waals surface area contributed by atoms with Crippen LogP contribution >= 0.6 is 23.2 Å². The van der Waals surface area contributed by atoms with E-state index in [0.29, 0.717) is 22.3 Å². The van der Waals surface area contributed by atoms with Gasteiger partial charge in [-0.2, -0.15) is 0 Å². The van der Waals surface area contributed by atoms with Gasteiger partial charge in [0.25, 0.3) is 0 Å². The van der Waals surface area contributed by atoms with E-state index in [2.05, 4.69) is 10.6 Å². The van der Waals surface area contributed by atoms with Crippen molar-refractivity contribution in [1.82, 2.24) is 5.32 Å². The Morgan fingerprint density at radius 1 is 1.05 bits per heavy atom. The topological polar surface area (TPSA) is 41.1 Å². The predicted molar refractivity (Wildman–Crippen MR) is 78.7 cm³/mol. The summed E-state index contributed by atoms with van der Waals surface area (Å²) < 4.78 is 12.7. The first-order chi connectivity index (χ1) is 9.52. The molecule has 0 saturated heterocycles. The third-order valence-electron chi connectivity index (χ3n) is 2.49. The number of urea groups is 1. The molecule has 0 aliphatic carbocycles. The van der Waals surface area contributed by atoms with Gasteiger partial charge in [-0.25, -0.2) is 9.18 Å². The average Bonchev–Trinajstić information content (AvgIpc) is 2.37. The molecule has 0 aliphatic heterocycles. The minimum atomic E-state index is -0.396. The van der Waals surface area contributed by atoms with Gasteiger partial charge in [0.15, 0.2) is 0 Å². The van der Waals surface area contributed by atoms with Gasteiger partial charge in [0.1, 0.15) is 5.82 Å². The largest absolute Gasteiger partial charge is 0.334 e. The quantitative estimate of drug-likeness (QED) is 0.863. The molecule has 2 N–H and O–H groups in total. The van der Waals surface area contributed by atoms with E-state index in [0.717, 1.165) is 5.56 Å². The Morgan fingerprint density at radius 2 is 1.65 bits per heavy atom. The molecule has 0 aliphatic rings. The SMILES string of the molecule is O=C(NCc1ccc(F)cc1)Nc1cc(Cl)cc(Cl)c1. The highest BCUT2D eigenvalue weighted by Crippen LogP contribution is 2.22. The van der Waals surface area contributed by atoms with Gasteiger partial charge in [0, 0.05) is 22.3 Å². The first-order valence-corrected chi connectivity index (χ1v) is 6.54. The van der Waals surface area contributed by atoms with Crippen molar-refractivity contribution in [1.29, 1.82) is 0 Å². The van der Waals surface area contributed by atoms with Crippen molar-refractivity contribution in [3.8, 4) is 0 Å². The van der Waals surface area contributed by atoms with Gasteiger partial charge in [0.05, 0.1) is 0 Å². The van der Waals surface area contributed by atoms with Gasteiger partial charge in [-0.05, 0) is 35.9 Å². The van der Waals surface area contributed by atoms with Crippen molar-refractivity contribution in [3.05, 3.63) is 63.9 Å². The maximum Gasteiger partial charge on any atom is 0.319 e. The lowest BCUT2D eigenvalue weighted by molar-refractivity contribution is 0.251. The van der Waals surface area contributed by atoms with E-state index in [9.17, 15) is 9.18 Å². The fourth-order valence-corrected chi connectivity index (χ4v) is 2.11. The lowest BCUT2D eigenvalue weighted by Gasteiger charge is -2.08. The number of benzene rings is 2. The molecular weight excluding hydrogens is 302 g/mol. The van der Waals surface area contributed by atoms with Crippen LogP contribution in [0.2, 0.25) is 10.0 Å². The number of carbonyl (C=O) groups excluding carboxylic acids is 1. The molecule has 104 valence electrons. The Morgan fingerprint density at radius 3 is 2.25 bits per heavy atom. The van der Waals surface area contributed by atoms with Crippen LogP contribution in [0.4, 0.5) is 14.9 Å². The number of hydrogen-bond acceptors (Lipinski definition) is 1. The third kappa shape index (κ3) is 4.40. The first kappa shape index (κ1) is 14.6. The molecule has 3 nitrogen and oxygen atoms in total. The fourth-order valence-electron chi connectivity index (χ4n) is 1.59. The highest BCUT2D eigenvalue weighted by Gasteiger charge is 2.04. The van der Waals surface area contributed by atoms with Crippen molar-refractivity contribution >= 4 is 34.9 Å². The summed E-state index contributed by atoms with van der Waals surface area (Å²) in [5, 5.41) is 6.13. The summed E-state index contributed by atoms with van der Waals surface area (Å²) >= 11 is 11.7. The molecule has 0 bridgehead atoms. The highest BCUT2D eigenvalue weighted by atomic mass is 35.5. The summed E-state index contributed by atoms with van der Waals surface area (Å²) in [5.41, 5.74) is 1.30.